The van der Waals surface area contributed by atoms with E-state index in [0.29, 0.717) is 32.7 Å². The molecule has 1 fully saturated rings. The summed E-state index contributed by atoms with van der Waals surface area (Å²) < 4.78 is 11.1. The summed E-state index contributed by atoms with van der Waals surface area (Å²) in [7, 11) is 0. The zero-order valence-corrected chi connectivity index (χ0v) is 19.1. The zero-order valence-electron chi connectivity index (χ0n) is 19.1. The van der Waals surface area contributed by atoms with Crippen LogP contribution in [-0.4, -0.2) is 73.3 Å². The predicted octanol–water partition coefficient (Wildman–Crippen LogP) is 3.13. The highest BCUT2D eigenvalue weighted by molar-refractivity contribution is 5.75. The summed E-state index contributed by atoms with van der Waals surface area (Å²) >= 11 is 0. The Morgan fingerprint density at radius 1 is 1.10 bits per heavy atom. The number of ether oxygens (including phenoxy) is 2. The molecule has 1 aromatic rings. The number of nitrogens with one attached hydrogen (secondary N) is 1. The van der Waals surface area contributed by atoms with E-state index in [1.165, 1.54) is 5.56 Å². The molecule has 0 spiro atoms. The molecule has 0 aromatic heterocycles. The third kappa shape index (κ3) is 8.61. The molecule has 1 N–H and O–H groups in total. The van der Waals surface area contributed by atoms with Crippen LogP contribution in [0.3, 0.4) is 0 Å². The van der Waals surface area contributed by atoms with Crippen LogP contribution < -0.4 is 10.1 Å². The second kappa shape index (κ2) is 11.2. The maximum atomic E-state index is 12.1. The van der Waals surface area contributed by atoms with Crippen molar-refractivity contribution in [1.29, 1.82) is 0 Å². The number of piperazine rings is 1. The molecular formula is C23H37N3O4. The van der Waals surface area contributed by atoms with Crippen LogP contribution in [0, 0.1) is 13.8 Å². The van der Waals surface area contributed by atoms with Crippen molar-refractivity contribution >= 4 is 12.0 Å². The van der Waals surface area contributed by atoms with Crippen LogP contribution in [-0.2, 0) is 9.53 Å². The standard InChI is InChI=1S/C23H37N3O4/c1-18-7-8-20(19(2)17-18)29-16-9-21(27)24-10-6-11-25-12-14-26(15-13-25)22(28)30-23(3,4)5/h7-8,17H,6,9-16H2,1-5H3,(H,24,27). The Hall–Kier alpha value is -2.28. The molecule has 1 heterocycles. The van der Waals surface area contributed by atoms with E-state index in [9.17, 15) is 9.59 Å². The molecule has 0 radical (unpaired) electrons. The first-order valence-electron chi connectivity index (χ1n) is 10.8. The van der Waals surface area contributed by atoms with Gasteiger partial charge < -0.3 is 19.7 Å². The Bertz CT molecular complexity index is 707. The van der Waals surface area contributed by atoms with Crippen molar-refractivity contribution in [2.45, 2.75) is 53.1 Å². The van der Waals surface area contributed by atoms with Gasteiger partial charge in [0.25, 0.3) is 0 Å². The molecule has 7 heteroatoms. The summed E-state index contributed by atoms with van der Waals surface area (Å²) in [4.78, 5) is 28.2. The van der Waals surface area contributed by atoms with E-state index in [0.717, 1.165) is 37.4 Å². The first-order valence-corrected chi connectivity index (χ1v) is 10.8. The lowest BCUT2D eigenvalue weighted by atomic mass is 10.1. The molecule has 168 valence electrons. The van der Waals surface area contributed by atoms with E-state index >= 15 is 0 Å². The first-order chi connectivity index (χ1) is 14.1. The number of rotatable bonds is 8. The third-order valence-electron chi connectivity index (χ3n) is 4.91. The van der Waals surface area contributed by atoms with Crippen molar-refractivity contribution in [1.82, 2.24) is 15.1 Å². The molecule has 2 rings (SSSR count). The third-order valence-corrected chi connectivity index (χ3v) is 4.91. The monoisotopic (exact) mass is 419 g/mol. The number of carbonyl (C=O) groups excluding carboxylic acids is 2. The Balaban J connectivity index is 1.54. The molecule has 7 nitrogen and oxygen atoms in total. The molecule has 1 aliphatic rings. The van der Waals surface area contributed by atoms with E-state index in [1.807, 2.05) is 46.8 Å². The lowest BCUT2D eigenvalue weighted by Crippen LogP contribution is -2.50. The van der Waals surface area contributed by atoms with Gasteiger partial charge in [0.15, 0.2) is 0 Å². The minimum atomic E-state index is -0.462. The fourth-order valence-electron chi connectivity index (χ4n) is 3.31. The number of hydrogen-bond donors (Lipinski definition) is 1. The average molecular weight is 420 g/mol. The number of nitrogens with zero attached hydrogens (tertiary/aromatic N) is 2. The van der Waals surface area contributed by atoms with E-state index < -0.39 is 5.60 Å². The number of amides is 2. The Morgan fingerprint density at radius 2 is 1.80 bits per heavy atom. The second-order valence-electron chi connectivity index (χ2n) is 8.88. The second-order valence-corrected chi connectivity index (χ2v) is 8.88. The van der Waals surface area contributed by atoms with Crippen molar-refractivity contribution in [2.75, 3.05) is 45.9 Å². The number of aryl methyl sites for hydroxylation is 2. The van der Waals surface area contributed by atoms with Gasteiger partial charge in [0.05, 0.1) is 13.0 Å². The van der Waals surface area contributed by atoms with Gasteiger partial charge in [0.1, 0.15) is 11.4 Å². The fraction of sp³-hybridized carbons (Fsp3) is 0.652. The van der Waals surface area contributed by atoms with Gasteiger partial charge in [0, 0.05) is 32.7 Å². The lowest BCUT2D eigenvalue weighted by Gasteiger charge is -2.35. The normalized spacial score (nSPS) is 15.0. The van der Waals surface area contributed by atoms with Crippen molar-refractivity contribution in [3.05, 3.63) is 29.3 Å². The SMILES string of the molecule is Cc1ccc(OCCC(=O)NCCCN2CCN(C(=O)OC(C)(C)C)CC2)c(C)c1. The molecular weight excluding hydrogens is 382 g/mol. The van der Waals surface area contributed by atoms with Crippen LogP contribution in [0.5, 0.6) is 5.75 Å². The van der Waals surface area contributed by atoms with Gasteiger partial charge >= 0.3 is 6.09 Å². The minimum absolute atomic E-state index is 0.00881. The maximum absolute atomic E-state index is 12.1. The highest BCUT2D eigenvalue weighted by atomic mass is 16.6. The molecule has 30 heavy (non-hydrogen) atoms. The molecule has 0 bridgehead atoms. The van der Waals surface area contributed by atoms with Crippen molar-refractivity contribution in [3.8, 4) is 5.75 Å². The van der Waals surface area contributed by atoms with Crippen LogP contribution in [0.25, 0.3) is 0 Å². The van der Waals surface area contributed by atoms with Crippen molar-refractivity contribution in [3.63, 3.8) is 0 Å². The van der Waals surface area contributed by atoms with E-state index in [-0.39, 0.29) is 12.0 Å². The Labute approximate surface area is 180 Å². The van der Waals surface area contributed by atoms with E-state index in [2.05, 4.69) is 16.3 Å². The number of benzene rings is 1. The molecule has 0 atom stereocenters. The van der Waals surface area contributed by atoms with E-state index in [4.69, 9.17) is 9.47 Å². The minimum Gasteiger partial charge on any atom is -0.493 e. The molecule has 0 aliphatic carbocycles. The van der Waals surface area contributed by atoms with Crippen LogP contribution in [0.4, 0.5) is 4.79 Å². The summed E-state index contributed by atoms with van der Waals surface area (Å²) in [5, 5.41) is 2.95. The molecule has 2 amide bonds. The van der Waals surface area contributed by atoms with E-state index in [1.54, 1.807) is 4.90 Å². The smallest absolute Gasteiger partial charge is 0.410 e. The zero-order chi connectivity index (χ0) is 22.1. The number of hydrogen-bond acceptors (Lipinski definition) is 5. The first kappa shape index (κ1) is 24.0. The molecule has 0 saturated carbocycles. The predicted molar refractivity (Wildman–Crippen MR) is 118 cm³/mol. The fourth-order valence-corrected chi connectivity index (χ4v) is 3.31. The van der Waals surface area contributed by atoms with Gasteiger partial charge in [-0.25, -0.2) is 4.79 Å². The van der Waals surface area contributed by atoms with Gasteiger partial charge in [-0.3, -0.25) is 9.69 Å². The van der Waals surface area contributed by atoms with Crippen LogP contribution in [0.15, 0.2) is 18.2 Å². The quantitative estimate of drug-likeness (QED) is 0.656. The van der Waals surface area contributed by atoms with Gasteiger partial charge in [-0.1, -0.05) is 17.7 Å². The van der Waals surface area contributed by atoms with Crippen LogP contribution in [0.1, 0.15) is 44.7 Å². The largest absolute Gasteiger partial charge is 0.493 e. The Morgan fingerprint density at radius 3 is 2.43 bits per heavy atom. The number of carbonyl (C=O) groups is 2. The molecule has 1 aromatic carbocycles. The summed E-state index contributed by atoms with van der Waals surface area (Å²) in [6.45, 7) is 14.6. The van der Waals surface area contributed by atoms with Gasteiger partial charge in [-0.2, -0.15) is 0 Å². The summed E-state index contributed by atoms with van der Waals surface area (Å²) in [5.74, 6) is 0.841. The average Bonchev–Trinajstić information content (AvgIpc) is 2.66. The molecule has 1 aliphatic heterocycles. The van der Waals surface area contributed by atoms with Crippen molar-refractivity contribution in [2.24, 2.45) is 0 Å². The van der Waals surface area contributed by atoms with Crippen molar-refractivity contribution < 1.29 is 19.1 Å². The lowest BCUT2D eigenvalue weighted by molar-refractivity contribution is -0.121. The van der Waals surface area contributed by atoms with Gasteiger partial charge in [-0.05, 0) is 59.2 Å². The summed E-state index contributed by atoms with van der Waals surface area (Å²) in [6, 6.07) is 6.03. The van der Waals surface area contributed by atoms with Crippen LogP contribution >= 0.6 is 0 Å². The summed E-state index contributed by atoms with van der Waals surface area (Å²) in [6.07, 6.45) is 0.996. The summed E-state index contributed by atoms with van der Waals surface area (Å²) in [5.41, 5.74) is 1.82. The Kier molecular flexibility index (Phi) is 8.96. The molecule has 1 saturated heterocycles. The topological polar surface area (TPSA) is 71.1 Å². The van der Waals surface area contributed by atoms with Gasteiger partial charge in [-0.15, -0.1) is 0 Å². The maximum Gasteiger partial charge on any atom is 0.410 e. The van der Waals surface area contributed by atoms with Gasteiger partial charge in [0.2, 0.25) is 5.91 Å². The highest BCUT2D eigenvalue weighted by Crippen LogP contribution is 2.18. The van der Waals surface area contributed by atoms with Crippen LogP contribution in [0.2, 0.25) is 0 Å². The molecule has 0 unspecified atom stereocenters. The highest BCUT2D eigenvalue weighted by Gasteiger charge is 2.25.